The summed E-state index contributed by atoms with van der Waals surface area (Å²) in [5.41, 5.74) is 1.27. The van der Waals surface area contributed by atoms with Crippen molar-refractivity contribution in [2.75, 3.05) is 52.9 Å². The second kappa shape index (κ2) is 11.1. The molecule has 2 saturated heterocycles. The van der Waals surface area contributed by atoms with Crippen LogP contribution >= 0.6 is 0 Å². The number of piperidine rings is 1. The van der Waals surface area contributed by atoms with E-state index < -0.39 is 15.4 Å². The van der Waals surface area contributed by atoms with Gasteiger partial charge in [0.1, 0.15) is 5.75 Å². The molecule has 2 aromatic rings. The van der Waals surface area contributed by atoms with Crippen molar-refractivity contribution >= 4 is 15.9 Å². The van der Waals surface area contributed by atoms with Gasteiger partial charge in [0.2, 0.25) is 15.9 Å². The molecule has 0 unspecified atom stereocenters. The Kier molecular flexibility index (Phi) is 8.14. The van der Waals surface area contributed by atoms with Crippen LogP contribution in [0.3, 0.4) is 0 Å². The Bertz CT molecular complexity index is 1100. The molecule has 0 saturated carbocycles. The maximum atomic E-state index is 13.4. The molecule has 2 aliphatic heterocycles. The SMILES string of the molecule is Cc1cccc(CS(=O)(=O)N2CCC[C@](COc3ccccc3)(CC(=O)N3CCN(C)CC3)C2)c1. The molecule has 4 rings (SSSR count). The Labute approximate surface area is 209 Å². The lowest BCUT2D eigenvalue weighted by molar-refractivity contribution is -0.136. The number of para-hydroxylation sites is 1. The van der Waals surface area contributed by atoms with Crippen LogP contribution in [0.5, 0.6) is 5.75 Å². The van der Waals surface area contributed by atoms with E-state index >= 15 is 0 Å². The number of sulfonamides is 1. The molecule has 35 heavy (non-hydrogen) atoms. The highest BCUT2D eigenvalue weighted by Crippen LogP contribution is 2.37. The first-order valence-electron chi connectivity index (χ1n) is 12.4. The number of hydrogen-bond acceptors (Lipinski definition) is 5. The number of nitrogens with zero attached hydrogens (tertiary/aromatic N) is 3. The summed E-state index contributed by atoms with van der Waals surface area (Å²) >= 11 is 0. The van der Waals surface area contributed by atoms with Gasteiger partial charge in [-0.1, -0.05) is 48.0 Å². The zero-order valence-corrected chi connectivity index (χ0v) is 21.7. The summed E-state index contributed by atoms with van der Waals surface area (Å²) in [6.45, 7) is 6.18. The minimum Gasteiger partial charge on any atom is -0.493 e. The van der Waals surface area contributed by atoms with Gasteiger partial charge in [0.25, 0.3) is 0 Å². The second-order valence-electron chi connectivity index (χ2n) is 10.1. The van der Waals surface area contributed by atoms with Gasteiger partial charge in [-0.3, -0.25) is 4.79 Å². The minimum absolute atomic E-state index is 0.0310. The summed E-state index contributed by atoms with van der Waals surface area (Å²) in [5, 5.41) is 0. The normalized spacial score (nSPS) is 22.2. The van der Waals surface area contributed by atoms with Crippen molar-refractivity contribution in [3.05, 3.63) is 65.7 Å². The molecule has 8 heteroatoms. The van der Waals surface area contributed by atoms with Crippen molar-refractivity contribution in [1.29, 1.82) is 0 Å². The average molecular weight is 500 g/mol. The van der Waals surface area contributed by atoms with Crippen molar-refractivity contribution < 1.29 is 17.9 Å². The van der Waals surface area contributed by atoms with Gasteiger partial charge in [-0.25, -0.2) is 12.7 Å². The lowest BCUT2D eigenvalue weighted by Crippen LogP contribution is -2.53. The van der Waals surface area contributed by atoms with E-state index in [1.807, 2.05) is 66.4 Å². The zero-order chi connectivity index (χ0) is 24.9. The molecular weight excluding hydrogens is 462 g/mol. The van der Waals surface area contributed by atoms with Crippen LogP contribution in [-0.2, 0) is 20.6 Å². The van der Waals surface area contributed by atoms with Crippen molar-refractivity contribution in [3.63, 3.8) is 0 Å². The van der Waals surface area contributed by atoms with Gasteiger partial charge in [-0.15, -0.1) is 0 Å². The average Bonchev–Trinajstić information content (AvgIpc) is 2.84. The molecule has 190 valence electrons. The van der Waals surface area contributed by atoms with E-state index in [4.69, 9.17) is 4.74 Å². The molecule has 2 aromatic carbocycles. The monoisotopic (exact) mass is 499 g/mol. The molecule has 0 spiro atoms. The van der Waals surface area contributed by atoms with Crippen LogP contribution in [0.15, 0.2) is 54.6 Å². The van der Waals surface area contributed by atoms with Crippen LogP contribution in [0.1, 0.15) is 30.4 Å². The van der Waals surface area contributed by atoms with Gasteiger partial charge in [-0.2, -0.15) is 0 Å². The lowest BCUT2D eigenvalue weighted by Gasteiger charge is -2.43. The van der Waals surface area contributed by atoms with E-state index in [9.17, 15) is 13.2 Å². The van der Waals surface area contributed by atoms with E-state index in [-0.39, 0.29) is 11.7 Å². The van der Waals surface area contributed by atoms with Gasteiger partial charge in [-0.05, 0) is 44.5 Å². The van der Waals surface area contributed by atoms with E-state index in [2.05, 4.69) is 11.9 Å². The molecule has 0 aromatic heterocycles. The third-order valence-corrected chi connectivity index (χ3v) is 8.92. The Morgan fingerprint density at radius 2 is 1.74 bits per heavy atom. The van der Waals surface area contributed by atoms with Gasteiger partial charge in [0.15, 0.2) is 0 Å². The Hall–Kier alpha value is -2.42. The van der Waals surface area contributed by atoms with Gasteiger partial charge >= 0.3 is 0 Å². The summed E-state index contributed by atoms with van der Waals surface area (Å²) in [6, 6.07) is 17.2. The van der Waals surface area contributed by atoms with Crippen molar-refractivity contribution in [3.8, 4) is 5.75 Å². The first-order valence-corrected chi connectivity index (χ1v) is 14.0. The van der Waals surface area contributed by atoms with E-state index in [0.29, 0.717) is 45.6 Å². The molecule has 0 radical (unpaired) electrons. The molecule has 0 aliphatic carbocycles. The summed E-state index contributed by atoms with van der Waals surface area (Å²) in [7, 11) is -1.46. The third kappa shape index (κ3) is 6.84. The zero-order valence-electron chi connectivity index (χ0n) is 20.9. The Balaban J connectivity index is 1.52. The van der Waals surface area contributed by atoms with Gasteiger partial charge in [0, 0.05) is 51.1 Å². The van der Waals surface area contributed by atoms with Crippen molar-refractivity contribution in [1.82, 2.24) is 14.1 Å². The van der Waals surface area contributed by atoms with E-state index in [1.165, 1.54) is 0 Å². The van der Waals surface area contributed by atoms with Crippen LogP contribution in [0.25, 0.3) is 0 Å². The van der Waals surface area contributed by atoms with Crippen LogP contribution in [0, 0.1) is 12.3 Å². The van der Waals surface area contributed by atoms with Gasteiger partial charge in [0.05, 0.1) is 12.4 Å². The van der Waals surface area contributed by atoms with E-state index in [1.54, 1.807) is 4.31 Å². The molecule has 2 aliphatic rings. The number of ether oxygens (including phenoxy) is 1. The third-order valence-electron chi connectivity index (χ3n) is 7.12. The predicted molar refractivity (Wildman–Crippen MR) is 138 cm³/mol. The first-order chi connectivity index (χ1) is 16.7. The Morgan fingerprint density at radius 3 is 2.46 bits per heavy atom. The maximum Gasteiger partial charge on any atom is 0.223 e. The van der Waals surface area contributed by atoms with E-state index in [0.717, 1.165) is 36.4 Å². The number of amides is 1. The smallest absolute Gasteiger partial charge is 0.223 e. The topological polar surface area (TPSA) is 70.2 Å². The quantitative estimate of drug-likeness (QED) is 0.558. The predicted octanol–water partition coefficient (Wildman–Crippen LogP) is 3.15. The minimum atomic E-state index is -3.53. The van der Waals surface area contributed by atoms with Crippen LogP contribution in [0.4, 0.5) is 0 Å². The highest BCUT2D eigenvalue weighted by atomic mass is 32.2. The molecule has 7 nitrogen and oxygen atoms in total. The van der Waals surface area contributed by atoms with Crippen LogP contribution in [0.2, 0.25) is 0 Å². The molecule has 0 bridgehead atoms. The number of piperazine rings is 1. The molecule has 2 fully saturated rings. The molecule has 2 heterocycles. The fourth-order valence-corrected chi connectivity index (χ4v) is 6.72. The van der Waals surface area contributed by atoms with Crippen LogP contribution in [-0.4, -0.2) is 81.4 Å². The molecule has 1 atom stereocenters. The highest BCUT2D eigenvalue weighted by Gasteiger charge is 2.43. The number of benzene rings is 2. The van der Waals surface area contributed by atoms with Crippen molar-refractivity contribution in [2.24, 2.45) is 5.41 Å². The Morgan fingerprint density at radius 1 is 1.00 bits per heavy atom. The number of carbonyl (C=O) groups excluding carboxylic acids is 1. The first kappa shape index (κ1) is 25.7. The van der Waals surface area contributed by atoms with Crippen molar-refractivity contribution in [2.45, 2.75) is 31.9 Å². The summed E-state index contributed by atoms with van der Waals surface area (Å²) in [6.07, 6.45) is 1.76. The number of aryl methyl sites for hydroxylation is 1. The summed E-state index contributed by atoms with van der Waals surface area (Å²) in [4.78, 5) is 17.5. The lowest BCUT2D eigenvalue weighted by atomic mass is 9.78. The summed E-state index contributed by atoms with van der Waals surface area (Å²) in [5.74, 6) is 0.794. The molecular formula is C27H37N3O4S. The fraction of sp³-hybridized carbons (Fsp3) is 0.519. The number of likely N-dealkylation sites (N-methyl/N-ethyl adjacent to an activating group) is 1. The second-order valence-corrected chi connectivity index (χ2v) is 12.1. The number of carbonyl (C=O) groups is 1. The molecule has 0 N–H and O–H groups in total. The number of hydrogen-bond donors (Lipinski definition) is 0. The standard InChI is InChI=1S/C27H37N3O4S/c1-23-8-6-9-24(18-23)20-35(32,33)30-13-7-12-27(21-30,22-34-25-10-4-3-5-11-25)19-26(31)29-16-14-28(2)15-17-29/h3-6,8-11,18H,7,12-17,19-22H2,1-2H3/t27-/m0/s1. The largest absolute Gasteiger partial charge is 0.493 e. The number of rotatable bonds is 8. The maximum absolute atomic E-state index is 13.4. The highest BCUT2D eigenvalue weighted by molar-refractivity contribution is 7.88. The fourth-order valence-electron chi connectivity index (χ4n) is 5.06. The van der Waals surface area contributed by atoms with Gasteiger partial charge < -0.3 is 14.5 Å². The summed E-state index contributed by atoms with van der Waals surface area (Å²) < 4.78 is 34.6. The molecule has 1 amide bonds. The van der Waals surface area contributed by atoms with Crippen LogP contribution < -0.4 is 4.74 Å².